The summed E-state index contributed by atoms with van der Waals surface area (Å²) in [5.41, 5.74) is 3.40. The molecule has 27 heavy (non-hydrogen) atoms. The van der Waals surface area contributed by atoms with E-state index in [9.17, 15) is 0 Å². The van der Waals surface area contributed by atoms with Gasteiger partial charge in [-0.25, -0.2) is 9.97 Å². The van der Waals surface area contributed by atoms with Gasteiger partial charge in [-0.15, -0.1) is 11.3 Å². The molecule has 0 aliphatic carbocycles. The first-order chi connectivity index (χ1) is 13.2. The number of thiophene rings is 1. The molecule has 0 aromatic carbocycles. The zero-order chi connectivity index (χ0) is 18.6. The smallest absolute Gasteiger partial charge is 0.223 e. The topological polar surface area (TPSA) is 76.5 Å². The van der Waals surface area contributed by atoms with Gasteiger partial charge in [0.1, 0.15) is 0 Å². The molecule has 0 aliphatic heterocycles. The Labute approximate surface area is 161 Å². The van der Waals surface area contributed by atoms with Crippen LogP contribution in [0, 0.1) is 6.92 Å². The summed E-state index contributed by atoms with van der Waals surface area (Å²) in [6.45, 7) is 4.12. The minimum absolute atomic E-state index is 0.00788. The molecule has 0 aliphatic rings. The van der Waals surface area contributed by atoms with Crippen LogP contribution in [0.2, 0.25) is 0 Å². The van der Waals surface area contributed by atoms with Crippen molar-refractivity contribution in [2.75, 3.05) is 5.32 Å². The van der Waals surface area contributed by atoms with Crippen LogP contribution in [-0.2, 0) is 0 Å². The van der Waals surface area contributed by atoms with Crippen molar-refractivity contribution >= 4 is 17.3 Å². The summed E-state index contributed by atoms with van der Waals surface area (Å²) in [6, 6.07) is 10.0. The summed E-state index contributed by atoms with van der Waals surface area (Å²) in [5.74, 6) is 0.557. The van der Waals surface area contributed by atoms with E-state index >= 15 is 0 Å². The molecule has 0 radical (unpaired) electrons. The minimum Gasteiger partial charge on any atom is -0.346 e. The molecule has 0 saturated heterocycles. The second-order valence-electron chi connectivity index (χ2n) is 6.08. The van der Waals surface area contributed by atoms with Gasteiger partial charge in [0.2, 0.25) is 5.95 Å². The Morgan fingerprint density at radius 2 is 1.89 bits per heavy atom. The minimum atomic E-state index is -0.00788. The van der Waals surface area contributed by atoms with Gasteiger partial charge in [0.15, 0.2) is 0 Å². The molecule has 6 nitrogen and oxygen atoms in total. The van der Waals surface area contributed by atoms with E-state index in [1.165, 1.54) is 4.88 Å². The van der Waals surface area contributed by atoms with Gasteiger partial charge in [-0.2, -0.15) is 0 Å². The zero-order valence-electron chi connectivity index (χ0n) is 15.0. The summed E-state index contributed by atoms with van der Waals surface area (Å²) in [7, 11) is 0. The van der Waals surface area contributed by atoms with E-state index < -0.39 is 0 Å². The lowest BCUT2D eigenvalue weighted by molar-refractivity contribution is 0.822. The van der Waals surface area contributed by atoms with Crippen LogP contribution < -0.4 is 5.32 Å². The number of anilines is 1. The lowest BCUT2D eigenvalue weighted by Crippen LogP contribution is -2.11. The van der Waals surface area contributed by atoms with Gasteiger partial charge in [0, 0.05) is 35.2 Å². The number of nitrogens with one attached hydrogen (secondary N) is 1. The van der Waals surface area contributed by atoms with Crippen molar-refractivity contribution < 1.29 is 0 Å². The first kappa shape index (κ1) is 17.2. The zero-order valence-corrected chi connectivity index (χ0v) is 15.8. The van der Waals surface area contributed by atoms with E-state index in [0.29, 0.717) is 5.95 Å². The van der Waals surface area contributed by atoms with Crippen molar-refractivity contribution in [1.82, 2.24) is 24.9 Å². The van der Waals surface area contributed by atoms with Crippen LogP contribution in [0.25, 0.3) is 21.8 Å². The molecule has 0 saturated carbocycles. The Hall–Kier alpha value is -3.19. The van der Waals surface area contributed by atoms with Crippen molar-refractivity contribution in [3.63, 3.8) is 0 Å². The van der Waals surface area contributed by atoms with Gasteiger partial charge in [0.05, 0.1) is 34.2 Å². The predicted octanol–water partition coefficient (Wildman–Crippen LogP) is 4.54. The van der Waals surface area contributed by atoms with Gasteiger partial charge in [-0.05, 0) is 38.1 Å². The SMILES string of the molecule is Cc1ccc(-c2nc(NC(C)c3ccccn3)ncc2-c2cnccn2)s1. The number of aryl methyl sites for hydroxylation is 1. The third-order valence-electron chi connectivity index (χ3n) is 4.08. The van der Waals surface area contributed by atoms with E-state index in [-0.39, 0.29) is 6.04 Å². The molecule has 4 heterocycles. The van der Waals surface area contributed by atoms with Crippen LogP contribution >= 0.6 is 11.3 Å². The van der Waals surface area contributed by atoms with E-state index in [1.54, 1.807) is 42.3 Å². The second kappa shape index (κ2) is 7.59. The molecule has 1 atom stereocenters. The summed E-state index contributed by atoms with van der Waals surface area (Å²) in [5, 5.41) is 3.34. The summed E-state index contributed by atoms with van der Waals surface area (Å²) < 4.78 is 0. The Morgan fingerprint density at radius 1 is 0.963 bits per heavy atom. The van der Waals surface area contributed by atoms with E-state index in [0.717, 1.165) is 27.5 Å². The first-order valence-corrected chi connectivity index (χ1v) is 9.40. The molecule has 4 aromatic heterocycles. The fourth-order valence-electron chi connectivity index (χ4n) is 2.73. The number of aromatic nitrogens is 5. The molecular formula is C20H18N6S. The van der Waals surface area contributed by atoms with Gasteiger partial charge < -0.3 is 5.32 Å². The molecule has 0 bridgehead atoms. The molecule has 4 rings (SSSR count). The molecule has 0 fully saturated rings. The van der Waals surface area contributed by atoms with Gasteiger partial charge >= 0.3 is 0 Å². The Morgan fingerprint density at radius 3 is 2.59 bits per heavy atom. The summed E-state index contributed by atoms with van der Waals surface area (Å²) >= 11 is 1.70. The average Bonchev–Trinajstić information content (AvgIpc) is 3.15. The fourth-order valence-corrected chi connectivity index (χ4v) is 3.60. The average molecular weight is 374 g/mol. The maximum atomic E-state index is 4.79. The summed E-state index contributed by atoms with van der Waals surface area (Å²) in [6.07, 6.45) is 8.64. The highest BCUT2D eigenvalue weighted by atomic mass is 32.1. The Kier molecular flexibility index (Phi) is 4.84. The maximum absolute atomic E-state index is 4.79. The number of hydrogen-bond donors (Lipinski definition) is 1. The summed E-state index contributed by atoms with van der Waals surface area (Å²) in [4.78, 5) is 24.6. The Bertz CT molecular complexity index is 1030. The molecular weight excluding hydrogens is 356 g/mol. The van der Waals surface area contributed by atoms with E-state index in [4.69, 9.17) is 4.98 Å². The first-order valence-electron chi connectivity index (χ1n) is 8.58. The van der Waals surface area contributed by atoms with Gasteiger partial charge in [-0.3, -0.25) is 15.0 Å². The van der Waals surface area contributed by atoms with Crippen LogP contribution in [0.4, 0.5) is 5.95 Å². The molecule has 134 valence electrons. The molecule has 0 spiro atoms. The van der Waals surface area contributed by atoms with E-state index in [2.05, 4.69) is 44.3 Å². The lowest BCUT2D eigenvalue weighted by atomic mass is 10.1. The van der Waals surface area contributed by atoms with Gasteiger partial charge in [0.25, 0.3) is 0 Å². The molecule has 4 aromatic rings. The fraction of sp³-hybridized carbons (Fsp3) is 0.150. The monoisotopic (exact) mass is 374 g/mol. The van der Waals surface area contributed by atoms with Gasteiger partial charge in [-0.1, -0.05) is 6.07 Å². The molecule has 7 heteroatoms. The number of rotatable bonds is 5. The lowest BCUT2D eigenvalue weighted by Gasteiger charge is -2.15. The third-order valence-corrected chi connectivity index (χ3v) is 5.09. The largest absolute Gasteiger partial charge is 0.346 e. The number of hydrogen-bond acceptors (Lipinski definition) is 7. The molecule has 1 unspecified atom stereocenters. The normalized spacial score (nSPS) is 11.9. The van der Waals surface area contributed by atoms with Crippen molar-refractivity contribution in [3.05, 3.63) is 71.9 Å². The van der Waals surface area contributed by atoms with Crippen LogP contribution in [0.15, 0.2) is 61.3 Å². The van der Waals surface area contributed by atoms with Crippen LogP contribution in [0.3, 0.4) is 0 Å². The molecule has 0 amide bonds. The van der Waals surface area contributed by atoms with Crippen molar-refractivity contribution in [2.24, 2.45) is 0 Å². The quantitative estimate of drug-likeness (QED) is 0.553. The highest BCUT2D eigenvalue weighted by Gasteiger charge is 2.16. The van der Waals surface area contributed by atoms with Crippen LogP contribution in [0.5, 0.6) is 0 Å². The van der Waals surface area contributed by atoms with Crippen molar-refractivity contribution in [2.45, 2.75) is 19.9 Å². The highest BCUT2D eigenvalue weighted by molar-refractivity contribution is 7.15. The van der Waals surface area contributed by atoms with Crippen LogP contribution in [-0.4, -0.2) is 24.9 Å². The number of pyridine rings is 1. The van der Waals surface area contributed by atoms with Crippen molar-refractivity contribution in [1.29, 1.82) is 0 Å². The second-order valence-corrected chi connectivity index (χ2v) is 7.37. The van der Waals surface area contributed by atoms with Crippen LogP contribution in [0.1, 0.15) is 23.5 Å². The Balaban J connectivity index is 1.73. The maximum Gasteiger partial charge on any atom is 0.223 e. The molecule has 1 N–H and O–H groups in total. The van der Waals surface area contributed by atoms with E-state index in [1.807, 2.05) is 25.1 Å². The van der Waals surface area contributed by atoms with Crippen molar-refractivity contribution in [3.8, 4) is 21.8 Å². The highest BCUT2D eigenvalue weighted by Crippen LogP contribution is 2.34. The standard InChI is InChI=1S/C20H18N6S/c1-13-6-7-18(27-13)19-15(17-12-21-9-10-23-17)11-24-20(26-19)25-14(2)16-5-3-4-8-22-16/h3-12,14H,1-2H3,(H,24,25,26). The third kappa shape index (κ3) is 3.83. The predicted molar refractivity (Wildman–Crippen MR) is 107 cm³/mol. The number of nitrogens with zero attached hydrogens (tertiary/aromatic N) is 5.